The molecule has 0 N–H and O–H groups in total. The van der Waals surface area contributed by atoms with Gasteiger partial charge in [-0.05, 0) is 13.3 Å². The molecule has 0 aromatic rings. The van der Waals surface area contributed by atoms with E-state index >= 15 is 0 Å². The summed E-state index contributed by atoms with van der Waals surface area (Å²) in [5, 5.41) is 0.786. The van der Waals surface area contributed by atoms with E-state index in [0.717, 1.165) is 5.25 Å². The van der Waals surface area contributed by atoms with Crippen LogP contribution in [0.4, 0.5) is 0 Å². The van der Waals surface area contributed by atoms with E-state index in [9.17, 15) is 0 Å². The lowest BCUT2D eigenvalue weighted by molar-refractivity contribution is 0.156. The Morgan fingerprint density at radius 1 is 1.25 bits per heavy atom. The van der Waals surface area contributed by atoms with Crippen molar-refractivity contribution in [3.8, 4) is 0 Å². The zero-order valence-electron chi connectivity index (χ0n) is 8.42. The van der Waals surface area contributed by atoms with Crippen molar-refractivity contribution in [3.63, 3.8) is 0 Å². The first-order valence-corrected chi connectivity index (χ1v) is 5.95. The van der Waals surface area contributed by atoms with E-state index < -0.39 is 0 Å². The number of rotatable bonds is 3. The molecular weight excluding hydrogens is 168 g/mol. The zero-order chi connectivity index (χ0) is 8.97. The largest absolute Gasteiger partial charge is 0.304 e. The highest BCUT2D eigenvalue weighted by molar-refractivity contribution is 7.99. The third kappa shape index (κ3) is 3.33. The molecule has 1 aliphatic rings. The van der Waals surface area contributed by atoms with Gasteiger partial charge in [0, 0.05) is 38.0 Å². The van der Waals surface area contributed by atoms with Crippen LogP contribution in [-0.2, 0) is 0 Å². The molecule has 0 bridgehead atoms. The van der Waals surface area contributed by atoms with Gasteiger partial charge in [0.2, 0.25) is 0 Å². The van der Waals surface area contributed by atoms with Gasteiger partial charge in [-0.25, -0.2) is 0 Å². The van der Waals surface area contributed by atoms with Crippen LogP contribution in [0.3, 0.4) is 0 Å². The van der Waals surface area contributed by atoms with Gasteiger partial charge < -0.3 is 4.90 Å². The number of piperazine rings is 1. The van der Waals surface area contributed by atoms with Gasteiger partial charge in [-0.15, -0.1) is 0 Å². The summed E-state index contributed by atoms with van der Waals surface area (Å²) in [6, 6.07) is 0. The van der Waals surface area contributed by atoms with Crippen molar-refractivity contribution >= 4 is 11.8 Å². The standard InChI is InChI=1S/C9H20N2S/c1-9(12-3)8-11-6-4-10(2)5-7-11/h9H,4-8H2,1-3H3. The lowest BCUT2D eigenvalue weighted by Crippen LogP contribution is -2.46. The van der Waals surface area contributed by atoms with E-state index in [1.807, 2.05) is 11.8 Å². The number of nitrogens with zero attached hydrogens (tertiary/aromatic N) is 2. The maximum Gasteiger partial charge on any atom is 0.0143 e. The molecule has 0 radical (unpaired) electrons. The zero-order valence-corrected chi connectivity index (χ0v) is 9.23. The van der Waals surface area contributed by atoms with Crippen molar-refractivity contribution in [2.24, 2.45) is 0 Å². The Bertz CT molecular complexity index is 122. The molecule has 0 amide bonds. The summed E-state index contributed by atoms with van der Waals surface area (Å²) in [6.45, 7) is 8.54. The van der Waals surface area contributed by atoms with Crippen LogP contribution in [0.2, 0.25) is 0 Å². The summed E-state index contributed by atoms with van der Waals surface area (Å²) < 4.78 is 0. The molecule has 1 saturated heterocycles. The van der Waals surface area contributed by atoms with Crippen LogP contribution >= 0.6 is 11.8 Å². The predicted octanol–water partition coefficient (Wildman–Crippen LogP) is 0.985. The molecule has 0 saturated carbocycles. The minimum absolute atomic E-state index is 0.786. The van der Waals surface area contributed by atoms with Crippen molar-refractivity contribution in [3.05, 3.63) is 0 Å². The quantitative estimate of drug-likeness (QED) is 0.652. The van der Waals surface area contributed by atoms with Crippen molar-refractivity contribution in [1.29, 1.82) is 0 Å². The SMILES string of the molecule is CSC(C)CN1CCN(C)CC1. The van der Waals surface area contributed by atoms with Crippen molar-refractivity contribution in [2.75, 3.05) is 46.0 Å². The van der Waals surface area contributed by atoms with Gasteiger partial charge in [0.05, 0.1) is 0 Å². The summed E-state index contributed by atoms with van der Waals surface area (Å²) in [5.41, 5.74) is 0. The molecule has 72 valence electrons. The minimum atomic E-state index is 0.786. The molecule has 1 atom stereocenters. The second kappa shape index (κ2) is 5.10. The summed E-state index contributed by atoms with van der Waals surface area (Å²) in [6.07, 6.45) is 2.20. The molecular formula is C9H20N2S. The second-order valence-corrected chi connectivity index (χ2v) is 4.93. The molecule has 12 heavy (non-hydrogen) atoms. The first kappa shape index (κ1) is 10.4. The van der Waals surface area contributed by atoms with Crippen LogP contribution in [0, 0.1) is 0 Å². The molecule has 0 aliphatic carbocycles. The first-order chi connectivity index (χ1) is 5.72. The van der Waals surface area contributed by atoms with E-state index in [1.165, 1.54) is 32.7 Å². The normalized spacial score (nSPS) is 24.2. The number of likely N-dealkylation sites (N-methyl/N-ethyl adjacent to an activating group) is 1. The minimum Gasteiger partial charge on any atom is -0.304 e. The highest BCUT2D eigenvalue weighted by atomic mass is 32.2. The topological polar surface area (TPSA) is 6.48 Å². The van der Waals surface area contributed by atoms with Crippen LogP contribution in [0.5, 0.6) is 0 Å². The highest BCUT2D eigenvalue weighted by Crippen LogP contribution is 2.08. The first-order valence-electron chi connectivity index (χ1n) is 4.66. The summed E-state index contributed by atoms with van der Waals surface area (Å²) in [4.78, 5) is 4.97. The van der Waals surface area contributed by atoms with Gasteiger partial charge in [-0.1, -0.05) is 6.92 Å². The average Bonchev–Trinajstić information content (AvgIpc) is 2.09. The van der Waals surface area contributed by atoms with Gasteiger partial charge in [0.25, 0.3) is 0 Å². The molecule has 1 aliphatic heterocycles. The Balaban J connectivity index is 2.17. The number of hydrogen-bond donors (Lipinski definition) is 0. The lowest BCUT2D eigenvalue weighted by atomic mass is 10.3. The van der Waals surface area contributed by atoms with Crippen molar-refractivity contribution in [1.82, 2.24) is 9.80 Å². The summed E-state index contributed by atoms with van der Waals surface area (Å²) in [7, 11) is 2.20. The average molecular weight is 188 g/mol. The maximum atomic E-state index is 2.57. The Labute approximate surface area is 80.3 Å². The van der Waals surface area contributed by atoms with Gasteiger partial charge in [0.1, 0.15) is 0 Å². The van der Waals surface area contributed by atoms with E-state index in [0.29, 0.717) is 0 Å². The Morgan fingerprint density at radius 3 is 2.33 bits per heavy atom. The molecule has 1 heterocycles. The van der Waals surface area contributed by atoms with Gasteiger partial charge >= 0.3 is 0 Å². The second-order valence-electron chi connectivity index (χ2n) is 3.65. The van der Waals surface area contributed by atoms with Crippen LogP contribution < -0.4 is 0 Å². The van der Waals surface area contributed by atoms with E-state index in [-0.39, 0.29) is 0 Å². The predicted molar refractivity (Wildman–Crippen MR) is 56.9 cm³/mol. The third-order valence-corrected chi connectivity index (χ3v) is 3.47. The summed E-state index contributed by atoms with van der Waals surface area (Å²) >= 11 is 1.96. The fourth-order valence-electron chi connectivity index (χ4n) is 1.47. The van der Waals surface area contributed by atoms with Crippen LogP contribution in [0.15, 0.2) is 0 Å². The highest BCUT2D eigenvalue weighted by Gasteiger charge is 2.14. The van der Waals surface area contributed by atoms with Crippen LogP contribution in [0.1, 0.15) is 6.92 Å². The molecule has 3 heteroatoms. The molecule has 1 unspecified atom stereocenters. The van der Waals surface area contributed by atoms with Crippen molar-refractivity contribution < 1.29 is 0 Å². The maximum absolute atomic E-state index is 2.57. The molecule has 1 rings (SSSR count). The molecule has 0 aromatic carbocycles. The molecule has 0 spiro atoms. The number of hydrogen-bond acceptors (Lipinski definition) is 3. The molecule has 2 nitrogen and oxygen atoms in total. The number of thioether (sulfide) groups is 1. The van der Waals surface area contributed by atoms with E-state index in [4.69, 9.17) is 0 Å². The smallest absolute Gasteiger partial charge is 0.0143 e. The van der Waals surface area contributed by atoms with Crippen LogP contribution in [0.25, 0.3) is 0 Å². The Morgan fingerprint density at radius 2 is 1.83 bits per heavy atom. The van der Waals surface area contributed by atoms with E-state index in [1.54, 1.807) is 0 Å². The van der Waals surface area contributed by atoms with Gasteiger partial charge in [0.15, 0.2) is 0 Å². The van der Waals surface area contributed by atoms with Crippen molar-refractivity contribution in [2.45, 2.75) is 12.2 Å². The Hall–Kier alpha value is 0.270. The Kier molecular flexibility index (Phi) is 4.40. The monoisotopic (exact) mass is 188 g/mol. The molecule has 1 fully saturated rings. The third-order valence-electron chi connectivity index (χ3n) is 2.51. The van der Waals surface area contributed by atoms with E-state index in [2.05, 4.69) is 30.0 Å². The van der Waals surface area contributed by atoms with Gasteiger partial charge in [-0.3, -0.25) is 4.90 Å². The lowest BCUT2D eigenvalue weighted by Gasteiger charge is -2.33. The fourth-order valence-corrected chi connectivity index (χ4v) is 1.83. The fraction of sp³-hybridized carbons (Fsp3) is 1.00. The summed E-state index contributed by atoms with van der Waals surface area (Å²) in [5.74, 6) is 0. The van der Waals surface area contributed by atoms with Crippen LogP contribution in [-0.4, -0.2) is 61.1 Å². The van der Waals surface area contributed by atoms with Gasteiger partial charge in [-0.2, -0.15) is 11.8 Å². The molecule has 0 aromatic heterocycles.